The molecule has 30 heavy (non-hydrogen) atoms. The van der Waals surface area contributed by atoms with E-state index in [1.807, 2.05) is 54.9 Å². The van der Waals surface area contributed by atoms with Gasteiger partial charge in [0.1, 0.15) is 0 Å². The molecule has 1 heterocycles. The first-order valence-corrected chi connectivity index (χ1v) is 10.8. The molecule has 1 N–H and O–H groups in total. The summed E-state index contributed by atoms with van der Waals surface area (Å²) in [6.07, 6.45) is 0. The fourth-order valence-corrected chi connectivity index (χ4v) is 3.69. The summed E-state index contributed by atoms with van der Waals surface area (Å²) in [6, 6.07) is 16.2. The second-order valence-electron chi connectivity index (χ2n) is 8.47. The van der Waals surface area contributed by atoms with Crippen molar-refractivity contribution in [1.82, 2.24) is 14.8 Å². The van der Waals surface area contributed by atoms with Crippen LogP contribution in [-0.4, -0.2) is 40.5 Å². The van der Waals surface area contributed by atoms with Crippen LogP contribution in [0.1, 0.15) is 26.3 Å². The molecule has 0 aliphatic rings. The van der Waals surface area contributed by atoms with Gasteiger partial charge < -0.3 is 14.8 Å². The molecule has 0 unspecified atom stereocenters. The number of aromatic nitrogens is 3. The molecule has 0 saturated heterocycles. The zero-order valence-electron chi connectivity index (χ0n) is 18.4. The van der Waals surface area contributed by atoms with Crippen molar-refractivity contribution < 1.29 is 4.79 Å². The lowest BCUT2D eigenvalue weighted by molar-refractivity contribution is -0.113. The summed E-state index contributed by atoms with van der Waals surface area (Å²) in [4.78, 5) is 14.3. The van der Waals surface area contributed by atoms with Crippen LogP contribution in [0.4, 0.5) is 11.4 Å². The summed E-state index contributed by atoms with van der Waals surface area (Å²) in [7, 11) is 5.89. The zero-order chi connectivity index (χ0) is 21.9. The van der Waals surface area contributed by atoms with Gasteiger partial charge in [0.2, 0.25) is 5.91 Å². The average Bonchev–Trinajstić information content (AvgIpc) is 3.06. The summed E-state index contributed by atoms with van der Waals surface area (Å²) in [6.45, 7) is 6.59. The van der Waals surface area contributed by atoms with Crippen molar-refractivity contribution in [3.63, 3.8) is 0 Å². The van der Waals surface area contributed by atoms with E-state index in [2.05, 4.69) is 60.6 Å². The van der Waals surface area contributed by atoms with Gasteiger partial charge in [-0.1, -0.05) is 56.8 Å². The van der Waals surface area contributed by atoms with E-state index in [1.165, 1.54) is 17.3 Å². The van der Waals surface area contributed by atoms with E-state index in [9.17, 15) is 4.79 Å². The predicted octanol–water partition coefficient (Wildman–Crippen LogP) is 4.58. The Balaban J connectivity index is 1.61. The SMILES string of the molecule is CN(C)c1ccc(NC(=O)CSc2nnc(-c3ccc(C(C)(C)C)cc3)n2C)cc1. The zero-order valence-corrected chi connectivity index (χ0v) is 19.2. The Morgan fingerprint density at radius 3 is 2.23 bits per heavy atom. The fraction of sp³-hybridized carbons (Fsp3) is 0.348. The summed E-state index contributed by atoms with van der Waals surface area (Å²) < 4.78 is 1.93. The third kappa shape index (κ3) is 5.21. The smallest absolute Gasteiger partial charge is 0.234 e. The van der Waals surface area contributed by atoms with Crippen molar-refractivity contribution in [2.75, 3.05) is 30.1 Å². The number of rotatable bonds is 6. The van der Waals surface area contributed by atoms with Gasteiger partial charge in [-0.2, -0.15) is 0 Å². The lowest BCUT2D eigenvalue weighted by atomic mass is 9.87. The highest BCUT2D eigenvalue weighted by molar-refractivity contribution is 7.99. The predicted molar refractivity (Wildman–Crippen MR) is 125 cm³/mol. The maximum atomic E-state index is 12.3. The van der Waals surface area contributed by atoms with Crippen LogP contribution < -0.4 is 10.2 Å². The van der Waals surface area contributed by atoms with E-state index in [0.29, 0.717) is 5.16 Å². The molecule has 6 nitrogen and oxygen atoms in total. The Bertz CT molecular complexity index is 1000. The van der Waals surface area contributed by atoms with Crippen molar-refractivity contribution in [1.29, 1.82) is 0 Å². The number of carbonyl (C=O) groups is 1. The number of benzene rings is 2. The molecule has 0 fully saturated rings. The molecule has 158 valence electrons. The van der Waals surface area contributed by atoms with Crippen LogP contribution in [0.3, 0.4) is 0 Å². The molecule has 0 bridgehead atoms. The van der Waals surface area contributed by atoms with Crippen LogP contribution in [0.2, 0.25) is 0 Å². The number of hydrogen-bond acceptors (Lipinski definition) is 5. The van der Waals surface area contributed by atoms with E-state index in [1.54, 1.807) is 0 Å². The maximum absolute atomic E-state index is 12.3. The van der Waals surface area contributed by atoms with Crippen LogP contribution in [0.25, 0.3) is 11.4 Å². The molecule has 0 radical (unpaired) electrons. The second kappa shape index (κ2) is 8.92. The first kappa shape index (κ1) is 21.9. The first-order valence-electron chi connectivity index (χ1n) is 9.85. The Morgan fingerprint density at radius 2 is 1.67 bits per heavy atom. The van der Waals surface area contributed by atoms with Crippen molar-refractivity contribution in [2.24, 2.45) is 7.05 Å². The van der Waals surface area contributed by atoms with E-state index < -0.39 is 0 Å². The van der Waals surface area contributed by atoms with Gasteiger partial charge in [-0.05, 0) is 35.2 Å². The maximum Gasteiger partial charge on any atom is 0.234 e. The van der Waals surface area contributed by atoms with Gasteiger partial charge in [0.05, 0.1) is 5.75 Å². The monoisotopic (exact) mass is 423 g/mol. The number of hydrogen-bond donors (Lipinski definition) is 1. The molecule has 1 aromatic heterocycles. The van der Waals surface area contributed by atoms with Crippen molar-refractivity contribution in [2.45, 2.75) is 31.3 Å². The van der Waals surface area contributed by atoms with Crippen LogP contribution in [0, 0.1) is 0 Å². The third-order valence-corrected chi connectivity index (χ3v) is 5.86. The molecule has 0 saturated carbocycles. The van der Waals surface area contributed by atoms with E-state index in [0.717, 1.165) is 22.8 Å². The molecule has 7 heteroatoms. The van der Waals surface area contributed by atoms with Crippen LogP contribution in [0.5, 0.6) is 0 Å². The minimum absolute atomic E-state index is 0.0725. The number of carbonyl (C=O) groups excluding carboxylic acids is 1. The molecule has 3 rings (SSSR count). The summed E-state index contributed by atoms with van der Waals surface area (Å²) in [5, 5.41) is 12.2. The Labute approximate surface area is 182 Å². The highest BCUT2D eigenvalue weighted by atomic mass is 32.2. The number of amides is 1. The van der Waals surface area contributed by atoms with E-state index >= 15 is 0 Å². The molecule has 0 atom stereocenters. The highest BCUT2D eigenvalue weighted by Crippen LogP contribution is 2.27. The average molecular weight is 424 g/mol. The molecule has 1 amide bonds. The van der Waals surface area contributed by atoms with Gasteiger partial charge in [-0.25, -0.2) is 0 Å². The molecule has 0 aliphatic carbocycles. The number of anilines is 2. The number of thioether (sulfide) groups is 1. The fourth-order valence-electron chi connectivity index (χ4n) is 2.98. The minimum atomic E-state index is -0.0725. The summed E-state index contributed by atoms with van der Waals surface area (Å²) >= 11 is 1.37. The van der Waals surface area contributed by atoms with E-state index in [4.69, 9.17) is 0 Å². The van der Waals surface area contributed by atoms with Gasteiger partial charge in [-0.15, -0.1) is 10.2 Å². The summed E-state index contributed by atoms with van der Waals surface area (Å²) in [5.41, 5.74) is 4.27. The molecular formula is C23H29N5OS. The van der Waals surface area contributed by atoms with Crippen LogP contribution >= 0.6 is 11.8 Å². The Kier molecular flexibility index (Phi) is 6.51. The largest absolute Gasteiger partial charge is 0.378 e. The Hall–Kier alpha value is -2.80. The molecule has 0 spiro atoms. The molecular weight excluding hydrogens is 394 g/mol. The van der Waals surface area contributed by atoms with Gasteiger partial charge in [-0.3, -0.25) is 4.79 Å². The van der Waals surface area contributed by atoms with Crippen LogP contribution in [0.15, 0.2) is 53.7 Å². The van der Waals surface area contributed by atoms with Crippen molar-refractivity contribution in [3.8, 4) is 11.4 Å². The minimum Gasteiger partial charge on any atom is -0.378 e. The first-order chi connectivity index (χ1) is 14.1. The van der Waals surface area contributed by atoms with Gasteiger partial charge >= 0.3 is 0 Å². The number of nitrogens with one attached hydrogen (secondary N) is 1. The van der Waals surface area contributed by atoms with Crippen molar-refractivity contribution >= 4 is 29.0 Å². The lowest BCUT2D eigenvalue weighted by Crippen LogP contribution is -2.15. The highest BCUT2D eigenvalue weighted by Gasteiger charge is 2.16. The van der Waals surface area contributed by atoms with Gasteiger partial charge in [0, 0.05) is 38.1 Å². The summed E-state index contributed by atoms with van der Waals surface area (Å²) in [5.74, 6) is 0.985. The van der Waals surface area contributed by atoms with E-state index in [-0.39, 0.29) is 17.1 Å². The second-order valence-corrected chi connectivity index (χ2v) is 9.41. The molecule has 3 aromatic rings. The topological polar surface area (TPSA) is 63.1 Å². The third-order valence-electron chi connectivity index (χ3n) is 4.84. The molecule has 2 aromatic carbocycles. The quantitative estimate of drug-likeness (QED) is 0.588. The number of nitrogens with zero attached hydrogens (tertiary/aromatic N) is 4. The van der Waals surface area contributed by atoms with Crippen LogP contribution in [-0.2, 0) is 17.3 Å². The van der Waals surface area contributed by atoms with Gasteiger partial charge in [0.25, 0.3) is 0 Å². The van der Waals surface area contributed by atoms with Crippen molar-refractivity contribution in [3.05, 3.63) is 54.1 Å². The van der Waals surface area contributed by atoms with Gasteiger partial charge in [0.15, 0.2) is 11.0 Å². The molecule has 0 aliphatic heterocycles. The standard InChI is InChI=1S/C23H29N5OS/c1-23(2,3)17-9-7-16(8-10-17)21-25-26-22(28(21)6)30-15-20(29)24-18-11-13-19(14-12-18)27(4)5/h7-14H,15H2,1-6H3,(H,24,29). The Morgan fingerprint density at radius 1 is 1.03 bits per heavy atom. The normalized spacial score (nSPS) is 11.4. The lowest BCUT2D eigenvalue weighted by Gasteiger charge is -2.19.